The number of rotatable bonds is 6. The maximum absolute atomic E-state index is 12.6. The molecule has 152 valence electrons. The van der Waals surface area contributed by atoms with E-state index >= 15 is 0 Å². The van der Waals surface area contributed by atoms with Gasteiger partial charge in [0.15, 0.2) is 0 Å². The van der Waals surface area contributed by atoms with Crippen molar-refractivity contribution in [3.05, 3.63) is 76.2 Å². The van der Waals surface area contributed by atoms with Crippen LogP contribution < -0.4 is 5.32 Å². The number of nitrogens with one attached hydrogen (secondary N) is 1. The molecule has 1 aliphatic heterocycles. The summed E-state index contributed by atoms with van der Waals surface area (Å²) in [5.41, 5.74) is 0.834. The molecule has 2 aromatic heterocycles. The molecule has 1 fully saturated rings. The first-order valence-electron chi connectivity index (χ1n) is 8.90. The number of amides is 3. The van der Waals surface area contributed by atoms with E-state index in [-0.39, 0.29) is 18.0 Å². The number of thioether (sulfide) groups is 1. The summed E-state index contributed by atoms with van der Waals surface area (Å²) in [4.78, 5) is 37.9. The van der Waals surface area contributed by atoms with Gasteiger partial charge in [0.05, 0.1) is 17.7 Å². The van der Waals surface area contributed by atoms with Crippen molar-refractivity contribution >= 4 is 46.5 Å². The highest BCUT2D eigenvalue weighted by Gasteiger charge is 2.36. The number of hydrogen-bond donors (Lipinski definition) is 1. The van der Waals surface area contributed by atoms with E-state index < -0.39 is 17.1 Å². The van der Waals surface area contributed by atoms with Crippen LogP contribution in [0.3, 0.4) is 0 Å². The molecule has 1 aromatic carbocycles. The molecule has 0 radical (unpaired) electrons. The largest absolute Gasteiger partial charge is 0.467 e. The van der Waals surface area contributed by atoms with E-state index in [1.807, 2.05) is 12.1 Å². The van der Waals surface area contributed by atoms with Crippen LogP contribution in [0.1, 0.15) is 11.5 Å². The third-order valence-electron chi connectivity index (χ3n) is 4.24. The fourth-order valence-corrected chi connectivity index (χ4v) is 3.71. The fraction of sp³-hybridized carbons (Fsp3) is 0.0952. The van der Waals surface area contributed by atoms with Gasteiger partial charge >= 0.3 is 0 Å². The molecule has 9 heteroatoms. The standard InChI is InChI=1S/C21H15ClN2O5S/c22-14-5-3-13(4-6-14)17-8-7-15(29-17)10-18-20(26)24(21(27)30-18)12-19(25)23-11-16-2-1-9-28-16/h1-10H,11-12H2,(H,23,25)/b18-10-. The molecule has 1 saturated heterocycles. The van der Waals surface area contributed by atoms with E-state index in [1.54, 1.807) is 36.4 Å². The Morgan fingerprint density at radius 2 is 1.93 bits per heavy atom. The Morgan fingerprint density at radius 3 is 2.67 bits per heavy atom. The second-order valence-corrected chi connectivity index (χ2v) is 7.76. The molecular formula is C21H15ClN2O5S. The Hall–Kier alpha value is -3.23. The molecule has 7 nitrogen and oxygen atoms in total. The summed E-state index contributed by atoms with van der Waals surface area (Å²) in [5.74, 6) is 0.606. The van der Waals surface area contributed by atoms with Crippen molar-refractivity contribution in [3.63, 3.8) is 0 Å². The summed E-state index contributed by atoms with van der Waals surface area (Å²) >= 11 is 6.66. The van der Waals surface area contributed by atoms with Crippen LogP contribution in [0.15, 0.2) is 68.5 Å². The van der Waals surface area contributed by atoms with Crippen molar-refractivity contribution in [3.8, 4) is 11.3 Å². The zero-order valence-electron chi connectivity index (χ0n) is 15.5. The van der Waals surface area contributed by atoms with Gasteiger partial charge in [0.25, 0.3) is 11.1 Å². The third-order valence-corrected chi connectivity index (χ3v) is 5.40. The second-order valence-electron chi connectivity index (χ2n) is 6.33. The molecule has 3 aromatic rings. The molecule has 0 saturated carbocycles. The first-order chi connectivity index (χ1) is 14.5. The number of carbonyl (C=O) groups is 3. The van der Waals surface area contributed by atoms with Gasteiger partial charge in [0.2, 0.25) is 5.91 Å². The Kier molecular flexibility index (Phi) is 5.78. The average Bonchev–Trinajstić information content (AvgIpc) is 3.46. The fourth-order valence-electron chi connectivity index (χ4n) is 2.76. The van der Waals surface area contributed by atoms with Gasteiger partial charge in [-0.2, -0.15) is 0 Å². The lowest BCUT2D eigenvalue weighted by Gasteiger charge is -2.11. The van der Waals surface area contributed by atoms with Crippen molar-refractivity contribution in [2.45, 2.75) is 6.54 Å². The molecule has 1 aliphatic rings. The number of nitrogens with zero attached hydrogens (tertiary/aromatic N) is 1. The predicted molar refractivity (Wildman–Crippen MR) is 112 cm³/mol. The van der Waals surface area contributed by atoms with Crippen LogP contribution in [-0.2, 0) is 16.1 Å². The van der Waals surface area contributed by atoms with Gasteiger partial charge in [0.1, 0.15) is 23.8 Å². The minimum absolute atomic E-state index is 0.178. The van der Waals surface area contributed by atoms with E-state index in [2.05, 4.69) is 5.32 Å². The van der Waals surface area contributed by atoms with Crippen LogP contribution in [0.2, 0.25) is 5.02 Å². The lowest BCUT2D eigenvalue weighted by Crippen LogP contribution is -2.39. The van der Waals surface area contributed by atoms with Gasteiger partial charge in [-0.05, 0) is 60.3 Å². The average molecular weight is 443 g/mol. The van der Waals surface area contributed by atoms with Crippen molar-refractivity contribution < 1.29 is 23.2 Å². The molecule has 0 aliphatic carbocycles. The van der Waals surface area contributed by atoms with Crippen molar-refractivity contribution in [2.24, 2.45) is 0 Å². The monoisotopic (exact) mass is 442 g/mol. The van der Waals surface area contributed by atoms with E-state index in [0.29, 0.717) is 22.3 Å². The van der Waals surface area contributed by atoms with E-state index in [9.17, 15) is 14.4 Å². The van der Waals surface area contributed by atoms with Crippen molar-refractivity contribution in [2.75, 3.05) is 6.54 Å². The number of halogens is 1. The summed E-state index contributed by atoms with van der Waals surface area (Å²) in [7, 11) is 0. The van der Waals surface area contributed by atoms with Crippen LogP contribution in [0.25, 0.3) is 17.4 Å². The van der Waals surface area contributed by atoms with Gasteiger partial charge in [-0.3, -0.25) is 19.3 Å². The van der Waals surface area contributed by atoms with Crippen LogP contribution in [0, 0.1) is 0 Å². The first kappa shape index (κ1) is 20.1. The Morgan fingerprint density at radius 1 is 1.13 bits per heavy atom. The summed E-state index contributed by atoms with van der Waals surface area (Å²) in [5, 5.41) is 2.72. The van der Waals surface area contributed by atoms with Gasteiger partial charge in [-0.15, -0.1) is 0 Å². The highest BCUT2D eigenvalue weighted by molar-refractivity contribution is 8.18. The third kappa shape index (κ3) is 4.50. The zero-order valence-corrected chi connectivity index (χ0v) is 17.0. The number of benzene rings is 1. The normalized spacial score (nSPS) is 15.2. The van der Waals surface area contributed by atoms with Crippen LogP contribution in [0.5, 0.6) is 0 Å². The lowest BCUT2D eigenvalue weighted by molar-refractivity contribution is -0.129. The quantitative estimate of drug-likeness (QED) is 0.563. The SMILES string of the molecule is O=C(CN1C(=O)S/C(=C\c2ccc(-c3ccc(Cl)cc3)o2)C1=O)NCc1ccco1. The predicted octanol–water partition coefficient (Wildman–Crippen LogP) is 4.55. The summed E-state index contributed by atoms with van der Waals surface area (Å²) < 4.78 is 10.9. The highest BCUT2D eigenvalue weighted by atomic mass is 35.5. The molecular weight excluding hydrogens is 428 g/mol. The molecule has 3 amide bonds. The van der Waals surface area contributed by atoms with Crippen molar-refractivity contribution in [1.29, 1.82) is 0 Å². The molecule has 0 bridgehead atoms. The topological polar surface area (TPSA) is 92.8 Å². The zero-order chi connectivity index (χ0) is 21.1. The minimum Gasteiger partial charge on any atom is -0.467 e. The first-order valence-corrected chi connectivity index (χ1v) is 10.1. The van der Waals surface area contributed by atoms with Crippen LogP contribution in [-0.4, -0.2) is 28.5 Å². The molecule has 0 unspecified atom stereocenters. The summed E-state index contributed by atoms with van der Waals surface area (Å²) in [6.07, 6.45) is 2.99. The number of hydrogen-bond acceptors (Lipinski definition) is 6. The molecule has 0 atom stereocenters. The smallest absolute Gasteiger partial charge is 0.294 e. The number of carbonyl (C=O) groups excluding carboxylic acids is 3. The highest BCUT2D eigenvalue weighted by Crippen LogP contribution is 2.33. The van der Waals surface area contributed by atoms with Crippen LogP contribution in [0.4, 0.5) is 4.79 Å². The van der Waals surface area contributed by atoms with Crippen LogP contribution >= 0.6 is 23.4 Å². The van der Waals surface area contributed by atoms with Crippen molar-refractivity contribution in [1.82, 2.24) is 10.2 Å². The molecule has 30 heavy (non-hydrogen) atoms. The summed E-state index contributed by atoms with van der Waals surface area (Å²) in [6.45, 7) is -0.186. The minimum atomic E-state index is -0.539. The molecule has 0 spiro atoms. The summed E-state index contributed by atoms with van der Waals surface area (Å²) in [6, 6.07) is 14.0. The Balaban J connectivity index is 1.41. The number of imide groups is 1. The maximum atomic E-state index is 12.6. The molecule has 3 heterocycles. The van der Waals surface area contributed by atoms with E-state index in [4.69, 9.17) is 20.4 Å². The van der Waals surface area contributed by atoms with Gasteiger partial charge in [-0.1, -0.05) is 11.6 Å². The Labute approximate surface area is 180 Å². The van der Waals surface area contributed by atoms with Gasteiger partial charge in [0, 0.05) is 16.7 Å². The second kappa shape index (κ2) is 8.64. The van der Waals surface area contributed by atoms with E-state index in [0.717, 1.165) is 22.2 Å². The lowest BCUT2D eigenvalue weighted by atomic mass is 10.2. The van der Waals surface area contributed by atoms with Gasteiger partial charge in [-0.25, -0.2) is 0 Å². The molecule has 4 rings (SSSR count). The maximum Gasteiger partial charge on any atom is 0.294 e. The Bertz CT molecular complexity index is 1120. The van der Waals surface area contributed by atoms with Gasteiger partial charge < -0.3 is 14.2 Å². The molecule has 1 N–H and O–H groups in total. The number of furan rings is 2. The van der Waals surface area contributed by atoms with E-state index in [1.165, 1.54) is 12.3 Å².